The topological polar surface area (TPSA) is 140 Å². The number of hydrogen-bond donors (Lipinski definition) is 1. The van der Waals surface area contributed by atoms with Gasteiger partial charge in [0.25, 0.3) is 17.5 Å². The number of amides is 3. The maximum Gasteiger partial charge on any atom is 0.270 e. The van der Waals surface area contributed by atoms with Crippen LogP contribution in [0.3, 0.4) is 0 Å². The van der Waals surface area contributed by atoms with Crippen molar-refractivity contribution in [2.24, 2.45) is 0 Å². The van der Waals surface area contributed by atoms with Gasteiger partial charge in [-0.3, -0.25) is 34.7 Å². The summed E-state index contributed by atoms with van der Waals surface area (Å²) in [6, 6.07) is 3.38. The van der Waals surface area contributed by atoms with Crippen molar-refractivity contribution >= 4 is 45.7 Å². The minimum absolute atomic E-state index is 0.0233. The Balaban J connectivity index is 1.51. The number of hydrogen-bond acceptors (Lipinski definition) is 8. The summed E-state index contributed by atoms with van der Waals surface area (Å²) < 4.78 is 1.59. The molecule has 0 bridgehead atoms. The molecular formula is C16H12N6O5S. The van der Waals surface area contributed by atoms with Crippen LogP contribution in [0, 0.1) is 24.0 Å². The maximum absolute atomic E-state index is 12.4. The summed E-state index contributed by atoms with van der Waals surface area (Å²) in [5.74, 6) is -2.04. The molecule has 142 valence electrons. The Hall–Kier alpha value is -3.67. The Morgan fingerprint density at radius 2 is 1.96 bits per heavy atom. The van der Waals surface area contributed by atoms with E-state index in [4.69, 9.17) is 0 Å². The van der Waals surface area contributed by atoms with Gasteiger partial charge in [-0.2, -0.15) is 4.98 Å². The zero-order valence-electron chi connectivity index (χ0n) is 14.6. The number of carbonyl (C=O) groups excluding carboxylic acids is 3. The fraction of sp³-hybridized carbons (Fsp3) is 0.188. The number of fused-ring (bicyclic) bond motifs is 2. The van der Waals surface area contributed by atoms with Gasteiger partial charge in [0.2, 0.25) is 16.8 Å². The average Bonchev–Trinajstić information content (AvgIpc) is 3.23. The summed E-state index contributed by atoms with van der Waals surface area (Å²) in [5.41, 5.74) is 0.517. The fourth-order valence-corrected chi connectivity index (χ4v) is 3.74. The maximum atomic E-state index is 12.4. The number of rotatable bonds is 4. The van der Waals surface area contributed by atoms with Crippen molar-refractivity contribution in [3.05, 3.63) is 50.0 Å². The molecule has 28 heavy (non-hydrogen) atoms. The zero-order valence-corrected chi connectivity index (χ0v) is 15.4. The van der Waals surface area contributed by atoms with Crippen LogP contribution in [0.15, 0.2) is 18.2 Å². The molecule has 0 radical (unpaired) electrons. The van der Waals surface area contributed by atoms with E-state index >= 15 is 0 Å². The largest absolute Gasteiger partial charge is 0.292 e. The van der Waals surface area contributed by atoms with Gasteiger partial charge in [0.15, 0.2) is 0 Å². The number of non-ortho nitro benzene ring substituents is 1. The lowest BCUT2D eigenvalue weighted by Crippen LogP contribution is -2.37. The van der Waals surface area contributed by atoms with E-state index in [-0.39, 0.29) is 22.8 Å². The SMILES string of the molecule is Cc1sc2nc(NC(=O)CN3C(=O)c4ccc([N+](=O)[O-])cc4C3=O)nn2c1C. The molecule has 12 heteroatoms. The molecule has 0 atom stereocenters. The molecule has 0 saturated heterocycles. The molecule has 1 aliphatic rings. The van der Waals surface area contributed by atoms with Gasteiger partial charge in [-0.15, -0.1) is 5.10 Å². The van der Waals surface area contributed by atoms with Crippen LogP contribution in [-0.4, -0.2) is 48.7 Å². The summed E-state index contributed by atoms with van der Waals surface area (Å²) in [5, 5.41) is 17.5. The molecule has 4 rings (SSSR count). The molecule has 3 heterocycles. The summed E-state index contributed by atoms with van der Waals surface area (Å²) in [6.45, 7) is 3.25. The quantitative estimate of drug-likeness (QED) is 0.398. The Bertz CT molecular complexity index is 1200. The third kappa shape index (κ3) is 2.70. The number of thiazole rings is 1. The third-order valence-electron chi connectivity index (χ3n) is 4.37. The second kappa shape index (κ2) is 6.20. The first-order valence-corrected chi connectivity index (χ1v) is 8.85. The van der Waals surface area contributed by atoms with Crippen molar-refractivity contribution in [1.82, 2.24) is 19.5 Å². The van der Waals surface area contributed by atoms with Crippen LogP contribution in [0.1, 0.15) is 31.3 Å². The lowest BCUT2D eigenvalue weighted by molar-refractivity contribution is -0.384. The second-order valence-electron chi connectivity index (χ2n) is 6.11. The minimum atomic E-state index is -0.760. The summed E-state index contributed by atoms with van der Waals surface area (Å²) in [6.07, 6.45) is 0. The number of nitrogens with zero attached hydrogens (tertiary/aromatic N) is 5. The van der Waals surface area contributed by atoms with E-state index in [9.17, 15) is 24.5 Å². The van der Waals surface area contributed by atoms with Crippen LogP contribution in [0.5, 0.6) is 0 Å². The molecule has 1 N–H and O–H groups in total. The minimum Gasteiger partial charge on any atom is -0.292 e. The fourth-order valence-electron chi connectivity index (χ4n) is 2.84. The van der Waals surface area contributed by atoms with Crippen LogP contribution in [0.25, 0.3) is 4.96 Å². The molecule has 0 saturated carbocycles. The first-order chi connectivity index (χ1) is 13.3. The Morgan fingerprint density at radius 1 is 1.25 bits per heavy atom. The average molecular weight is 400 g/mol. The number of aromatic nitrogens is 3. The lowest BCUT2D eigenvalue weighted by Gasteiger charge is -2.12. The van der Waals surface area contributed by atoms with E-state index in [1.807, 2.05) is 13.8 Å². The Labute approximate surface area is 160 Å². The number of benzene rings is 1. The van der Waals surface area contributed by atoms with Crippen LogP contribution in [0.4, 0.5) is 11.6 Å². The van der Waals surface area contributed by atoms with E-state index in [0.29, 0.717) is 4.96 Å². The molecule has 3 amide bonds. The predicted molar refractivity (Wildman–Crippen MR) is 97.4 cm³/mol. The van der Waals surface area contributed by atoms with Crippen LogP contribution in [0.2, 0.25) is 0 Å². The highest BCUT2D eigenvalue weighted by atomic mass is 32.1. The van der Waals surface area contributed by atoms with E-state index < -0.39 is 29.2 Å². The molecule has 1 aliphatic heterocycles. The van der Waals surface area contributed by atoms with Crippen LogP contribution in [-0.2, 0) is 4.79 Å². The number of nitro benzene ring substituents is 1. The van der Waals surface area contributed by atoms with Crippen molar-refractivity contribution < 1.29 is 19.3 Å². The zero-order chi connectivity index (χ0) is 20.2. The van der Waals surface area contributed by atoms with Crippen molar-refractivity contribution in [3.63, 3.8) is 0 Å². The molecular weight excluding hydrogens is 388 g/mol. The van der Waals surface area contributed by atoms with Crippen molar-refractivity contribution in [2.45, 2.75) is 13.8 Å². The van der Waals surface area contributed by atoms with Crippen molar-refractivity contribution in [1.29, 1.82) is 0 Å². The van der Waals surface area contributed by atoms with Crippen molar-refractivity contribution in [2.75, 3.05) is 11.9 Å². The molecule has 2 aromatic heterocycles. The Morgan fingerprint density at radius 3 is 2.64 bits per heavy atom. The summed E-state index contributed by atoms with van der Waals surface area (Å²) in [7, 11) is 0. The first kappa shape index (κ1) is 17.7. The van der Waals surface area contributed by atoms with Gasteiger partial charge in [-0.05, 0) is 19.9 Å². The summed E-state index contributed by atoms with van der Waals surface area (Å²) in [4.78, 5) is 53.9. The molecule has 0 aliphatic carbocycles. The smallest absolute Gasteiger partial charge is 0.270 e. The number of carbonyl (C=O) groups is 3. The monoisotopic (exact) mass is 400 g/mol. The van der Waals surface area contributed by atoms with Crippen LogP contribution < -0.4 is 5.32 Å². The van der Waals surface area contributed by atoms with Gasteiger partial charge in [-0.25, -0.2) is 4.52 Å². The van der Waals surface area contributed by atoms with Gasteiger partial charge in [0, 0.05) is 17.0 Å². The lowest BCUT2D eigenvalue weighted by atomic mass is 10.1. The number of imide groups is 1. The molecule has 3 aromatic rings. The number of aryl methyl sites for hydroxylation is 2. The Kier molecular flexibility index (Phi) is 3.92. The molecule has 0 unspecified atom stereocenters. The van der Waals surface area contributed by atoms with Gasteiger partial charge in [0.05, 0.1) is 21.7 Å². The predicted octanol–water partition coefficient (Wildman–Crippen LogP) is 1.55. The van der Waals surface area contributed by atoms with Crippen LogP contribution >= 0.6 is 11.3 Å². The van der Waals surface area contributed by atoms with Gasteiger partial charge in [-0.1, -0.05) is 11.3 Å². The molecule has 1 aromatic carbocycles. The van der Waals surface area contributed by atoms with Crippen molar-refractivity contribution in [3.8, 4) is 0 Å². The normalized spacial score (nSPS) is 13.3. The van der Waals surface area contributed by atoms with Gasteiger partial charge < -0.3 is 0 Å². The first-order valence-electron chi connectivity index (χ1n) is 8.03. The molecule has 0 spiro atoms. The van der Waals surface area contributed by atoms with E-state index in [1.54, 1.807) is 4.52 Å². The number of anilines is 1. The highest BCUT2D eigenvalue weighted by Crippen LogP contribution is 2.27. The van der Waals surface area contributed by atoms with Gasteiger partial charge >= 0.3 is 0 Å². The van der Waals surface area contributed by atoms with E-state index in [1.165, 1.54) is 17.4 Å². The summed E-state index contributed by atoms with van der Waals surface area (Å²) >= 11 is 1.42. The molecule has 11 nitrogen and oxygen atoms in total. The molecule has 0 fully saturated rings. The number of nitrogens with one attached hydrogen (secondary N) is 1. The highest BCUT2D eigenvalue weighted by Gasteiger charge is 2.38. The highest BCUT2D eigenvalue weighted by molar-refractivity contribution is 7.17. The van der Waals surface area contributed by atoms with E-state index in [2.05, 4.69) is 15.4 Å². The van der Waals surface area contributed by atoms with E-state index in [0.717, 1.165) is 27.6 Å². The number of nitro groups is 1. The van der Waals surface area contributed by atoms with Gasteiger partial charge in [0.1, 0.15) is 6.54 Å². The standard InChI is InChI=1S/C16H12N6O5S/c1-7-8(2)28-16-18-15(19-21(7)16)17-12(23)6-20-13(24)10-4-3-9(22(26)27)5-11(10)14(20)25/h3-5H,6H2,1-2H3,(H,17,19,23). The third-order valence-corrected chi connectivity index (χ3v) is 5.42. The second-order valence-corrected chi connectivity index (χ2v) is 7.29.